The number of carboxylic acid groups (broad SMARTS) is 1. The lowest BCUT2D eigenvalue weighted by Crippen LogP contribution is -2.44. The molecule has 0 amide bonds. The molecule has 33 heavy (non-hydrogen) atoms. The number of carboxylic acids is 1. The maximum absolute atomic E-state index is 15.0. The number of hydrogen-bond acceptors (Lipinski definition) is 6. The molecule has 4 rings (SSSR count). The van der Waals surface area contributed by atoms with Crippen molar-refractivity contribution in [1.82, 2.24) is 9.47 Å². The number of nitrogens with zero attached hydrogens (tertiary/aromatic N) is 3. The lowest BCUT2D eigenvalue weighted by atomic mass is 10.1. The molecule has 0 spiro atoms. The zero-order valence-electron chi connectivity index (χ0n) is 18.0. The molecule has 1 aliphatic rings. The molecule has 1 fully saturated rings. The van der Waals surface area contributed by atoms with Gasteiger partial charge < -0.3 is 24.2 Å². The number of ether oxygens (including phenoxy) is 1. The number of anilines is 1. The van der Waals surface area contributed by atoms with E-state index in [0.717, 1.165) is 18.3 Å². The van der Waals surface area contributed by atoms with Gasteiger partial charge in [-0.25, -0.2) is 13.6 Å². The Morgan fingerprint density at radius 3 is 2.27 bits per heavy atom. The van der Waals surface area contributed by atoms with Crippen LogP contribution >= 0.6 is 0 Å². The highest BCUT2D eigenvalue weighted by atomic mass is 19.1. The number of rotatable bonds is 4. The first kappa shape index (κ1) is 22.4. The van der Waals surface area contributed by atoms with Crippen molar-refractivity contribution in [3.05, 3.63) is 63.9 Å². The number of pyridine rings is 1. The maximum atomic E-state index is 15.0. The molecule has 0 aliphatic carbocycles. The van der Waals surface area contributed by atoms with Crippen LogP contribution in [0.2, 0.25) is 0 Å². The zero-order chi connectivity index (χ0) is 23.9. The van der Waals surface area contributed by atoms with E-state index in [0.29, 0.717) is 26.2 Å². The summed E-state index contributed by atoms with van der Waals surface area (Å²) < 4.78 is 36.1. The van der Waals surface area contributed by atoms with Crippen LogP contribution in [0.4, 0.5) is 14.5 Å². The van der Waals surface area contributed by atoms with Gasteiger partial charge in [0.05, 0.1) is 16.9 Å². The van der Waals surface area contributed by atoms with Gasteiger partial charge >= 0.3 is 11.9 Å². The van der Waals surface area contributed by atoms with Gasteiger partial charge in [0.1, 0.15) is 17.1 Å². The molecular weight excluding hydrogens is 436 g/mol. The van der Waals surface area contributed by atoms with Gasteiger partial charge in [-0.05, 0) is 31.3 Å². The van der Waals surface area contributed by atoms with Crippen molar-refractivity contribution in [2.75, 3.05) is 38.1 Å². The molecule has 0 bridgehead atoms. The van der Waals surface area contributed by atoms with Crippen molar-refractivity contribution in [3.8, 4) is 11.4 Å². The van der Waals surface area contributed by atoms with Gasteiger partial charge in [0.2, 0.25) is 5.43 Å². The van der Waals surface area contributed by atoms with E-state index in [1.165, 1.54) is 29.7 Å². The molecule has 2 aromatic carbocycles. The van der Waals surface area contributed by atoms with E-state index in [4.69, 9.17) is 4.74 Å². The third-order valence-corrected chi connectivity index (χ3v) is 5.59. The van der Waals surface area contributed by atoms with Gasteiger partial charge in [0, 0.05) is 50.8 Å². The van der Waals surface area contributed by atoms with E-state index in [2.05, 4.69) is 4.90 Å². The number of piperazine rings is 1. The summed E-state index contributed by atoms with van der Waals surface area (Å²) in [7, 11) is 1.96. The lowest BCUT2D eigenvalue weighted by Gasteiger charge is -2.34. The first-order valence-corrected chi connectivity index (χ1v) is 10.2. The number of halogens is 2. The molecular formula is C23H21F2N3O5. The Morgan fingerprint density at radius 1 is 1.00 bits per heavy atom. The van der Waals surface area contributed by atoms with Crippen LogP contribution in [-0.2, 0) is 4.79 Å². The lowest BCUT2D eigenvalue weighted by molar-refractivity contribution is -0.131. The molecule has 0 unspecified atom stereocenters. The normalized spacial score (nSPS) is 14.5. The Hall–Kier alpha value is -3.79. The first-order chi connectivity index (χ1) is 15.7. The van der Waals surface area contributed by atoms with Gasteiger partial charge in [0.25, 0.3) is 0 Å². The average molecular weight is 457 g/mol. The third kappa shape index (κ3) is 4.29. The number of fused-ring (bicyclic) bond motifs is 1. The zero-order valence-corrected chi connectivity index (χ0v) is 18.0. The summed E-state index contributed by atoms with van der Waals surface area (Å²) in [6, 6.07) is 6.05. The molecule has 10 heteroatoms. The summed E-state index contributed by atoms with van der Waals surface area (Å²) >= 11 is 0. The van der Waals surface area contributed by atoms with E-state index in [-0.39, 0.29) is 28.0 Å². The van der Waals surface area contributed by atoms with Crippen LogP contribution in [0, 0.1) is 11.6 Å². The predicted molar refractivity (Wildman–Crippen MR) is 117 cm³/mol. The van der Waals surface area contributed by atoms with Crippen LogP contribution in [0.1, 0.15) is 17.3 Å². The van der Waals surface area contributed by atoms with E-state index >= 15 is 4.39 Å². The summed E-state index contributed by atoms with van der Waals surface area (Å²) in [6.07, 6.45) is 1.02. The summed E-state index contributed by atoms with van der Waals surface area (Å²) in [4.78, 5) is 39.5. The molecule has 1 aliphatic heterocycles. The number of aromatic carboxylic acids is 1. The summed E-state index contributed by atoms with van der Waals surface area (Å²) in [5, 5.41) is 9.30. The van der Waals surface area contributed by atoms with Crippen LogP contribution in [0.5, 0.6) is 5.75 Å². The molecule has 172 valence electrons. The molecule has 1 N–H and O–H groups in total. The highest BCUT2D eigenvalue weighted by Gasteiger charge is 2.23. The Morgan fingerprint density at radius 2 is 1.67 bits per heavy atom. The maximum Gasteiger partial charge on any atom is 0.341 e. The molecule has 1 aromatic heterocycles. The summed E-state index contributed by atoms with van der Waals surface area (Å²) in [6.45, 7) is 3.72. The number of likely N-dealkylation sites (N-methyl/N-ethyl adjacent to an activating group) is 1. The second-order valence-electron chi connectivity index (χ2n) is 7.87. The largest absolute Gasteiger partial charge is 0.477 e. The van der Waals surface area contributed by atoms with Crippen molar-refractivity contribution >= 4 is 28.5 Å². The molecule has 0 radical (unpaired) electrons. The van der Waals surface area contributed by atoms with Crippen LogP contribution < -0.4 is 15.1 Å². The highest BCUT2D eigenvalue weighted by molar-refractivity contribution is 5.94. The molecule has 8 nitrogen and oxygen atoms in total. The standard InChI is InChI=1S/C23H21F2N3O5/c1-13(29)33-14-3-4-19(17(24)9-14)28-12-16(23(31)32)22(30)15-10-18(25)21(11-20(15)28)27-7-5-26(2)6-8-27/h3-4,9-12H,5-8H2,1-2H3,(H,31,32). The van der Waals surface area contributed by atoms with Crippen LogP contribution in [0.15, 0.2) is 41.3 Å². The average Bonchev–Trinajstić information content (AvgIpc) is 2.75. The van der Waals surface area contributed by atoms with E-state index in [1.54, 1.807) is 0 Å². The minimum atomic E-state index is -1.52. The van der Waals surface area contributed by atoms with Gasteiger partial charge in [-0.15, -0.1) is 0 Å². The second-order valence-corrected chi connectivity index (χ2v) is 7.87. The van der Waals surface area contributed by atoms with E-state index in [9.17, 15) is 23.9 Å². The Kier molecular flexibility index (Phi) is 5.86. The van der Waals surface area contributed by atoms with Gasteiger partial charge in [-0.2, -0.15) is 0 Å². The quantitative estimate of drug-likeness (QED) is 0.476. The molecule has 3 aromatic rings. The number of benzene rings is 2. The van der Waals surface area contributed by atoms with Crippen molar-refractivity contribution in [1.29, 1.82) is 0 Å². The third-order valence-electron chi connectivity index (χ3n) is 5.59. The molecule has 2 heterocycles. The first-order valence-electron chi connectivity index (χ1n) is 10.2. The van der Waals surface area contributed by atoms with Crippen LogP contribution in [0.3, 0.4) is 0 Å². The van der Waals surface area contributed by atoms with Crippen LogP contribution in [-0.4, -0.2) is 59.7 Å². The molecule has 0 saturated carbocycles. The van der Waals surface area contributed by atoms with Gasteiger partial charge in [0.15, 0.2) is 5.82 Å². The number of hydrogen-bond donors (Lipinski definition) is 1. The van der Waals surface area contributed by atoms with E-state index < -0.39 is 34.6 Å². The Bertz CT molecular complexity index is 1330. The predicted octanol–water partition coefficient (Wildman–Crippen LogP) is 2.64. The SMILES string of the molecule is CC(=O)Oc1ccc(-n2cc(C(=O)O)c(=O)c3cc(F)c(N4CCN(C)CC4)cc32)c(F)c1. The monoisotopic (exact) mass is 457 g/mol. The Balaban J connectivity index is 1.95. The number of carbonyl (C=O) groups excluding carboxylic acids is 1. The fourth-order valence-electron chi connectivity index (χ4n) is 3.89. The van der Waals surface area contributed by atoms with Crippen molar-refractivity contribution < 1.29 is 28.2 Å². The topological polar surface area (TPSA) is 92.1 Å². The summed E-state index contributed by atoms with van der Waals surface area (Å²) in [5.74, 6) is -3.66. The molecule has 0 atom stereocenters. The van der Waals surface area contributed by atoms with E-state index in [1.807, 2.05) is 11.9 Å². The highest BCUT2D eigenvalue weighted by Crippen LogP contribution is 2.29. The number of carbonyl (C=O) groups is 2. The minimum absolute atomic E-state index is 0.0308. The van der Waals surface area contributed by atoms with Crippen molar-refractivity contribution in [2.45, 2.75) is 6.92 Å². The number of esters is 1. The Labute approximate surface area is 187 Å². The van der Waals surface area contributed by atoms with Crippen molar-refractivity contribution in [3.63, 3.8) is 0 Å². The van der Waals surface area contributed by atoms with Gasteiger partial charge in [-0.3, -0.25) is 9.59 Å². The van der Waals surface area contributed by atoms with Gasteiger partial charge in [-0.1, -0.05) is 0 Å². The fourth-order valence-corrected chi connectivity index (χ4v) is 3.89. The fraction of sp³-hybridized carbons (Fsp3) is 0.261. The second kappa shape index (κ2) is 8.62. The summed E-state index contributed by atoms with van der Waals surface area (Å²) in [5.41, 5.74) is -1.19. The van der Waals surface area contributed by atoms with Crippen LogP contribution in [0.25, 0.3) is 16.6 Å². The smallest absolute Gasteiger partial charge is 0.341 e. The van der Waals surface area contributed by atoms with Crippen molar-refractivity contribution in [2.24, 2.45) is 0 Å². The molecule has 1 saturated heterocycles. The minimum Gasteiger partial charge on any atom is -0.477 e. The number of aromatic nitrogens is 1.